The van der Waals surface area contributed by atoms with Gasteiger partial charge in [-0.05, 0) is 23.3 Å². The molecule has 2 aromatic carbocycles. The van der Waals surface area contributed by atoms with Crippen molar-refractivity contribution in [2.24, 2.45) is 0 Å². The van der Waals surface area contributed by atoms with Gasteiger partial charge in [-0.15, -0.1) is 0 Å². The van der Waals surface area contributed by atoms with E-state index in [0.29, 0.717) is 13.0 Å². The average molecular weight is 327 g/mol. The van der Waals surface area contributed by atoms with Crippen LogP contribution in [0.1, 0.15) is 11.1 Å². The molecule has 1 atom stereocenters. The molecule has 24 heavy (non-hydrogen) atoms. The topological polar surface area (TPSA) is 64.6 Å². The number of anilines is 1. The number of carbonyl (C=O) groups excluding carboxylic acids is 1. The normalized spacial score (nSPS) is 11.6. The first-order valence-electron chi connectivity index (χ1n) is 8.04. The first-order valence-corrected chi connectivity index (χ1v) is 8.04. The first-order chi connectivity index (χ1) is 11.5. The Morgan fingerprint density at radius 1 is 1.04 bits per heavy atom. The Balaban J connectivity index is 1.72. The molecule has 2 aromatic rings. The Bertz CT molecular complexity index is 644. The molecule has 5 heteroatoms. The lowest BCUT2D eigenvalue weighted by atomic mass is 10.1. The molecule has 0 aromatic heterocycles. The lowest BCUT2D eigenvalue weighted by molar-refractivity contribution is 0.170. The van der Waals surface area contributed by atoms with Crippen LogP contribution in [0.2, 0.25) is 0 Å². The number of benzene rings is 2. The fraction of sp³-hybridized carbons (Fsp3) is 0.316. The molecule has 0 bridgehead atoms. The van der Waals surface area contributed by atoms with E-state index in [0.717, 1.165) is 16.8 Å². The van der Waals surface area contributed by atoms with Crippen molar-refractivity contribution in [1.82, 2.24) is 10.6 Å². The summed E-state index contributed by atoms with van der Waals surface area (Å²) in [5.41, 5.74) is 3.17. The quantitative estimate of drug-likeness (QED) is 0.730. The highest BCUT2D eigenvalue weighted by atomic mass is 16.3. The predicted octanol–water partition coefficient (Wildman–Crippen LogP) is 2.16. The summed E-state index contributed by atoms with van der Waals surface area (Å²) in [4.78, 5) is 13.9. The smallest absolute Gasteiger partial charge is 0.315 e. The molecule has 5 nitrogen and oxygen atoms in total. The third-order valence-corrected chi connectivity index (χ3v) is 3.69. The summed E-state index contributed by atoms with van der Waals surface area (Å²) in [5.74, 6) is 0. The average Bonchev–Trinajstić information content (AvgIpc) is 2.59. The van der Waals surface area contributed by atoms with Crippen molar-refractivity contribution in [3.63, 3.8) is 0 Å². The van der Waals surface area contributed by atoms with E-state index in [-0.39, 0.29) is 12.6 Å². The van der Waals surface area contributed by atoms with Crippen LogP contribution in [-0.2, 0) is 13.0 Å². The molecule has 0 aliphatic rings. The zero-order chi connectivity index (χ0) is 17.4. The highest BCUT2D eigenvalue weighted by Crippen LogP contribution is 2.13. The number of aliphatic hydroxyl groups is 1. The van der Waals surface area contributed by atoms with E-state index < -0.39 is 6.10 Å². The standard InChI is InChI=1S/C19H25N3O2/c1-22(2)17-10-6-9-16(11-17)13-20-19(24)21-14-18(23)12-15-7-4-3-5-8-15/h3-11,18,23H,12-14H2,1-2H3,(H2,20,21,24). The largest absolute Gasteiger partial charge is 0.391 e. The molecule has 1 unspecified atom stereocenters. The number of rotatable bonds is 7. The third-order valence-electron chi connectivity index (χ3n) is 3.69. The Morgan fingerprint density at radius 3 is 2.46 bits per heavy atom. The lowest BCUT2D eigenvalue weighted by Gasteiger charge is -2.15. The molecule has 0 saturated carbocycles. The van der Waals surface area contributed by atoms with Gasteiger partial charge in [-0.1, -0.05) is 42.5 Å². The fourth-order valence-electron chi connectivity index (χ4n) is 2.36. The van der Waals surface area contributed by atoms with Crippen LogP contribution in [0, 0.1) is 0 Å². The van der Waals surface area contributed by atoms with Gasteiger partial charge in [0, 0.05) is 39.3 Å². The molecule has 0 aliphatic carbocycles. The Labute approximate surface area is 143 Å². The number of aliphatic hydroxyl groups excluding tert-OH is 1. The minimum absolute atomic E-state index is 0.221. The molecule has 0 fully saturated rings. The monoisotopic (exact) mass is 327 g/mol. The molecule has 2 amide bonds. The van der Waals surface area contributed by atoms with Crippen LogP contribution >= 0.6 is 0 Å². The highest BCUT2D eigenvalue weighted by molar-refractivity contribution is 5.73. The number of nitrogens with one attached hydrogen (secondary N) is 2. The molecule has 3 N–H and O–H groups in total. The van der Waals surface area contributed by atoms with Crippen molar-refractivity contribution < 1.29 is 9.90 Å². The predicted molar refractivity (Wildman–Crippen MR) is 97.2 cm³/mol. The Hall–Kier alpha value is -2.53. The van der Waals surface area contributed by atoms with Crippen LogP contribution in [0.3, 0.4) is 0 Å². The summed E-state index contributed by atoms with van der Waals surface area (Å²) in [7, 11) is 3.96. The van der Waals surface area contributed by atoms with E-state index in [2.05, 4.69) is 10.6 Å². The summed E-state index contributed by atoms with van der Waals surface area (Å²) in [6, 6.07) is 17.4. The molecule has 2 rings (SSSR count). The second-order valence-electron chi connectivity index (χ2n) is 5.97. The van der Waals surface area contributed by atoms with Crippen LogP contribution < -0.4 is 15.5 Å². The van der Waals surface area contributed by atoms with Crippen molar-refractivity contribution in [3.05, 3.63) is 65.7 Å². The summed E-state index contributed by atoms with van der Waals surface area (Å²) >= 11 is 0. The maximum atomic E-state index is 11.8. The van der Waals surface area contributed by atoms with Gasteiger partial charge in [0.1, 0.15) is 0 Å². The van der Waals surface area contributed by atoms with Crippen molar-refractivity contribution in [3.8, 4) is 0 Å². The van der Waals surface area contributed by atoms with Crippen LogP contribution in [-0.4, -0.2) is 37.9 Å². The van der Waals surface area contributed by atoms with E-state index >= 15 is 0 Å². The van der Waals surface area contributed by atoms with Crippen molar-refractivity contribution >= 4 is 11.7 Å². The van der Waals surface area contributed by atoms with Crippen LogP contribution in [0.4, 0.5) is 10.5 Å². The number of hydrogen-bond donors (Lipinski definition) is 3. The van der Waals surface area contributed by atoms with Gasteiger partial charge in [0.05, 0.1) is 6.10 Å². The van der Waals surface area contributed by atoms with Gasteiger partial charge in [0.2, 0.25) is 0 Å². The molecule has 0 saturated heterocycles. The van der Waals surface area contributed by atoms with Gasteiger partial charge < -0.3 is 20.6 Å². The fourth-order valence-corrected chi connectivity index (χ4v) is 2.36. The second-order valence-corrected chi connectivity index (χ2v) is 5.97. The van der Waals surface area contributed by atoms with Gasteiger partial charge in [0.15, 0.2) is 0 Å². The number of urea groups is 1. The van der Waals surface area contributed by atoms with Crippen molar-refractivity contribution in [2.45, 2.75) is 19.1 Å². The van der Waals surface area contributed by atoms with Gasteiger partial charge in [0.25, 0.3) is 0 Å². The minimum atomic E-state index is -0.602. The number of nitrogens with zero attached hydrogens (tertiary/aromatic N) is 1. The summed E-state index contributed by atoms with van der Waals surface area (Å²) < 4.78 is 0. The number of carbonyl (C=O) groups is 1. The molecule has 0 heterocycles. The van der Waals surface area contributed by atoms with Crippen molar-refractivity contribution in [2.75, 3.05) is 25.5 Å². The van der Waals surface area contributed by atoms with Crippen LogP contribution in [0.25, 0.3) is 0 Å². The first kappa shape index (κ1) is 17.8. The summed E-state index contributed by atoms with van der Waals surface area (Å²) in [5, 5.41) is 15.5. The Morgan fingerprint density at radius 2 is 1.75 bits per heavy atom. The van der Waals surface area contributed by atoms with E-state index in [1.165, 1.54) is 0 Å². The lowest BCUT2D eigenvalue weighted by Crippen LogP contribution is -2.40. The van der Waals surface area contributed by atoms with Crippen LogP contribution in [0.15, 0.2) is 54.6 Å². The zero-order valence-corrected chi connectivity index (χ0v) is 14.2. The van der Waals surface area contributed by atoms with Gasteiger partial charge in [-0.2, -0.15) is 0 Å². The molecule has 0 aliphatic heterocycles. The second kappa shape index (κ2) is 8.93. The highest BCUT2D eigenvalue weighted by Gasteiger charge is 2.08. The maximum Gasteiger partial charge on any atom is 0.315 e. The SMILES string of the molecule is CN(C)c1cccc(CNC(=O)NCC(O)Cc2ccccc2)c1. The third kappa shape index (κ3) is 5.93. The van der Waals surface area contributed by atoms with Gasteiger partial charge in [-0.3, -0.25) is 0 Å². The molecular weight excluding hydrogens is 302 g/mol. The van der Waals surface area contributed by atoms with Crippen LogP contribution in [0.5, 0.6) is 0 Å². The van der Waals surface area contributed by atoms with Gasteiger partial charge >= 0.3 is 6.03 Å². The summed E-state index contributed by atoms with van der Waals surface area (Å²) in [6.45, 7) is 0.667. The molecular formula is C19H25N3O2. The number of amides is 2. The van der Waals surface area contributed by atoms with E-state index in [4.69, 9.17) is 0 Å². The van der Waals surface area contributed by atoms with E-state index in [1.54, 1.807) is 0 Å². The molecule has 0 spiro atoms. The Kier molecular flexibility index (Phi) is 6.63. The van der Waals surface area contributed by atoms with Gasteiger partial charge in [-0.25, -0.2) is 4.79 Å². The number of hydrogen-bond acceptors (Lipinski definition) is 3. The van der Waals surface area contributed by atoms with E-state index in [1.807, 2.05) is 73.6 Å². The maximum absolute atomic E-state index is 11.8. The minimum Gasteiger partial charge on any atom is -0.391 e. The molecule has 128 valence electrons. The summed E-state index contributed by atoms with van der Waals surface area (Å²) in [6.07, 6.45) is -0.0818. The molecule has 0 radical (unpaired) electrons. The van der Waals surface area contributed by atoms with Crippen molar-refractivity contribution in [1.29, 1.82) is 0 Å². The van der Waals surface area contributed by atoms with E-state index in [9.17, 15) is 9.90 Å². The zero-order valence-electron chi connectivity index (χ0n) is 14.2.